The molecule has 73 heavy (non-hydrogen) atoms. The number of rotatable bonds is 10. The second-order valence-electron chi connectivity index (χ2n) is 20.8. The highest BCUT2D eigenvalue weighted by Crippen LogP contribution is 2.76. The topological polar surface area (TPSA) is 97.6 Å². The molecule has 5 aliphatic carbocycles. The van der Waals surface area contributed by atoms with Crippen LogP contribution in [0.15, 0.2) is 127 Å². The van der Waals surface area contributed by atoms with E-state index in [4.69, 9.17) is 9.72 Å². The molecule has 8 atom stereocenters. The summed E-state index contributed by atoms with van der Waals surface area (Å²) in [6.45, 7) is 23.8. The molecule has 0 radical (unpaired) electrons. The lowest BCUT2D eigenvalue weighted by Gasteiger charge is -2.72. The first-order valence-corrected chi connectivity index (χ1v) is 26.4. The number of hydrogen-bond donors (Lipinski definition) is 0. The molecule has 0 aliphatic heterocycles. The lowest BCUT2D eigenvalue weighted by molar-refractivity contribution is -0.215. The van der Waals surface area contributed by atoms with Crippen molar-refractivity contribution < 1.29 is 14.3 Å². The summed E-state index contributed by atoms with van der Waals surface area (Å²) in [6, 6.07) is 19.7. The minimum Gasteiger partial charge on any atom is -0.465 e. The normalized spacial score (nSPS) is 27.7. The third-order valence-corrected chi connectivity index (χ3v) is 18.3. The SMILES string of the molecule is C#C.C#C.C#C.C=CC.C=N/C=C\C=C/C.COC(=O)c1ccc(C2=CC[C@@]3(C)C(CC[C@]4(C)C3CC[C@@H]3C5CCC[C@]5(N(CC(=O)c5ccccn5)c5nc(-c6ccccn6)cs5)CC[C@]34C)C2(C)C)cc1. The van der Waals surface area contributed by atoms with Crippen LogP contribution < -0.4 is 4.90 Å². The number of nitrogens with zero attached hydrogens (tertiary/aromatic N) is 5. The molecule has 0 amide bonds. The zero-order valence-electron chi connectivity index (χ0n) is 44.8. The van der Waals surface area contributed by atoms with Crippen LogP contribution in [0.25, 0.3) is 17.0 Å². The molecule has 8 nitrogen and oxygen atoms in total. The summed E-state index contributed by atoms with van der Waals surface area (Å²) >= 11 is 1.66. The first-order valence-electron chi connectivity index (χ1n) is 25.5. The van der Waals surface area contributed by atoms with E-state index in [1.54, 1.807) is 29.8 Å². The zero-order valence-corrected chi connectivity index (χ0v) is 45.6. The van der Waals surface area contributed by atoms with Crippen LogP contribution in [-0.4, -0.2) is 52.6 Å². The Morgan fingerprint density at radius 1 is 0.795 bits per heavy atom. The van der Waals surface area contributed by atoms with Crippen LogP contribution in [0.5, 0.6) is 0 Å². The molecule has 0 spiro atoms. The first-order chi connectivity index (χ1) is 35.2. The number of ether oxygens (including phenoxy) is 1. The molecule has 5 aliphatic rings. The maximum absolute atomic E-state index is 14.1. The number of benzene rings is 1. The fraction of sp³-hybridized carbons (Fsp3) is 0.438. The summed E-state index contributed by atoms with van der Waals surface area (Å²) < 4.78 is 4.98. The molecular formula is C64H79N5O3S. The smallest absolute Gasteiger partial charge is 0.337 e. The fourth-order valence-corrected chi connectivity index (χ4v) is 15.3. The Kier molecular flexibility index (Phi) is 21.3. The molecule has 4 saturated carbocycles. The van der Waals surface area contributed by atoms with Crippen molar-refractivity contribution in [2.24, 2.45) is 50.3 Å². The number of anilines is 1. The molecule has 0 bridgehead atoms. The van der Waals surface area contributed by atoms with Crippen LogP contribution in [0.1, 0.15) is 139 Å². The van der Waals surface area contributed by atoms with Gasteiger partial charge in [0.1, 0.15) is 11.4 Å². The summed E-state index contributed by atoms with van der Waals surface area (Å²) in [5, 5.41) is 3.06. The van der Waals surface area contributed by atoms with Crippen LogP contribution in [0.2, 0.25) is 0 Å². The van der Waals surface area contributed by atoms with E-state index in [1.165, 1.54) is 63.2 Å². The molecule has 3 aromatic heterocycles. The van der Waals surface area contributed by atoms with Crippen LogP contribution in [0, 0.1) is 83.9 Å². The number of carbonyl (C=O) groups is 2. The van der Waals surface area contributed by atoms with Crippen molar-refractivity contribution in [3.05, 3.63) is 138 Å². The van der Waals surface area contributed by atoms with E-state index in [-0.39, 0.29) is 39.0 Å². The molecule has 3 unspecified atom stereocenters. The molecule has 1 aromatic carbocycles. The second kappa shape index (κ2) is 26.4. The summed E-state index contributed by atoms with van der Waals surface area (Å²) in [5.74, 6) is 2.08. The summed E-state index contributed by atoms with van der Waals surface area (Å²) in [4.78, 5) is 46.7. The molecule has 0 N–H and O–H groups in total. The van der Waals surface area contributed by atoms with Crippen molar-refractivity contribution >= 4 is 40.5 Å². The highest BCUT2D eigenvalue weighted by molar-refractivity contribution is 7.14. The quantitative estimate of drug-likeness (QED) is 0.0390. The Hall–Kier alpha value is -6.60. The number of carbonyl (C=O) groups excluding carboxylic acids is 2. The van der Waals surface area contributed by atoms with Gasteiger partial charge in [-0.2, -0.15) is 0 Å². The maximum atomic E-state index is 14.1. The number of terminal acetylenes is 3. The van der Waals surface area contributed by atoms with Gasteiger partial charge in [0.05, 0.1) is 24.9 Å². The fourth-order valence-electron chi connectivity index (χ4n) is 14.4. The molecule has 3 heterocycles. The minimum absolute atomic E-state index is 0.00845. The van der Waals surface area contributed by atoms with Crippen LogP contribution in [-0.2, 0) is 4.74 Å². The number of aromatic nitrogens is 3. The second-order valence-corrected chi connectivity index (χ2v) is 21.6. The van der Waals surface area contributed by atoms with E-state index in [2.05, 4.69) is 130 Å². The highest BCUT2D eigenvalue weighted by atomic mass is 32.1. The van der Waals surface area contributed by atoms with Gasteiger partial charge in [-0.25, -0.2) is 9.78 Å². The number of ketones is 1. The van der Waals surface area contributed by atoms with Crippen LogP contribution in [0.3, 0.4) is 0 Å². The Morgan fingerprint density at radius 2 is 1.47 bits per heavy atom. The maximum Gasteiger partial charge on any atom is 0.337 e. The van der Waals surface area contributed by atoms with Gasteiger partial charge in [0, 0.05) is 29.5 Å². The molecule has 384 valence electrons. The predicted molar refractivity (Wildman–Crippen MR) is 307 cm³/mol. The predicted octanol–water partition coefficient (Wildman–Crippen LogP) is 15.1. The van der Waals surface area contributed by atoms with Gasteiger partial charge in [-0.05, 0) is 177 Å². The number of thiazole rings is 1. The van der Waals surface area contributed by atoms with Crippen molar-refractivity contribution in [3.63, 3.8) is 0 Å². The van der Waals surface area contributed by atoms with E-state index in [9.17, 15) is 9.59 Å². The van der Waals surface area contributed by atoms with Crippen molar-refractivity contribution in [2.45, 2.75) is 118 Å². The van der Waals surface area contributed by atoms with E-state index in [1.807, 2.05) is 86.8 Å². The molecule has 0 saturated heterocycles. The number of pyridine rings is 2. The van der Waals surface area contributed by atoms with Gasteiger partial charge in [0.25, 0.3) is 0 Å². The van der Waals surface area contributed by atoms with E-state index < -0.39 is 0 Å². The summed E-state index contributed by atoms with van der Waals surface area (Å²) in [5.41, 5.74) is 6.04. The van der Waals surface area contributed by atoms with Crippen molar-refractivity contribution in [1.82, 2.24) is 15.0 Å². The largest absolute Gasteiger partial charge is 0.465 e. The van der Waals surface area contributed by atoms with Gasteiger partial charge < -0.3 is 9.64 Å². The lowest BCUT2D eigenvalue weighted by Crippen LogP contribution is -2.68. The Bertz CT molecular complexity index is 2590. The third kappa shape index (κ3) is 11.6. The average molecular weight is 998 g/mol. The number of allylic oxidation sites excluding steroid dienone is 6. The van der Waals surface area contributed by atoms with Gasteiger partial charge in [-0.15, -0.1) is 56.5 Å². The summed E-state index contributed by atoms with van der Waals surface area (Å²) in [7, 11) is 1.44. The standard InChI is InChI=1S/C49H58N4O3S.C6H9N.C3H6.3C2H2/c1-45(2)34(32-15-17-33(18-16-32)43(55)56-6)21-24-46(3)41(45)22-25-48(5)42(46)20-19-35-36-12-11-23-49(36,27-26-47(35,48)4)53(30-40(54)38-14-8-10-29-51-38)44-52-39(31-57-44)37-13-7-9-28-50-37;1-3-4-5-6-7-2;1-3-2;3*1-2/h7-10,13-18,21,28-29,31,35-36,41-42H,11-12,19-20,22-27,30H2,1-6H3;3-6H,2H2,1H3;3H,1H2,2H3;3*1-2H/b;4-3-,6-5-;;;;/t35-,36?,41?,42?,46+,47-,48-,49+;;;;;/m1...../s1. The van der Waals surface area contributed by atoms with Crippen molar-refractivity contribution in [3.8, 4) is 49.9 Å². The minimum atomic E-state index is -0.289. The molecule has 4 fully saturated rings. The van der Waals surface area contributed by atoms with Gasteiger partial charge >= 0.3 is 5.97 Å². The number of hydrogen-bond acceptors (Lipinski definition) is 9. The summed E-state index contributed by atoms with van der Waals surface area (Å²) in [6.07, 6.45) is 51.0. The third-order valence-electron chi connectivity index (χ3n) is 17.4. The average Bonchev–Trinajstić information content (AvgIpc) is 4.10. The number of esters is 1. The van der Waals surface area contributed by atoms with Gasteiger partial charge in [-0.3, -0.25) is 19.8 Å². The Balaban J connectivity index is 0.000000642. The van der Waals surface area contributed by atoms with Crippen LogP contribution >= 0.6 is 11.3 Å². The van der Waals surface area contributed by atoms with Crippen molar-refractivity contribution in [2.75, 3.05) is 18.6 Å². The van der Waals surface area contributed by atoms with Gasteiger partial charge in [-0.1, -0.05) is 89.6 Å². The zero-order chi connectivity index (χ0) is 54.0. The number of Topliss-reactive ketones (excluding diaryl/α,β-unsaturated/α-hetero) is 1. The number of methoxy groups -OCH3 is 1. The molecule has 9 heteroatoms. The highest BCUT2D eigenvalue weighted by Gasteiger charge is 2.70. The molecule has 4 aromatic rings. The van der Waals surface area contributed by atoms with Gasteiger partial charge in [0.2, 0.25) is 0 Å². The van der Waals surface area contributed by atoms with Gasteiger partial charge in [0.15, 0.2) is 10.9 Å². The number of fused-ring (bicyclic) bond motifs is 7. The van der Waals surface area contributed by atoms with E-state index in [0.29, 0.717) is 41.5 Å². The van der Waals surface area contributed by atoms with E-state index in [0.717, 1.165) is 35.8 Å². The van der Waals surface area contributed by atoms with Crippen molar-refractivity contribution in [1.29, 1.82) is 0 Å². The monoisotopic (exact) mass is 998 g/mol. The lowest BCUT2D eigenvalue weighted by atomic mass is 9.33. The number of aliphatic imine (C=N–C) groups is 1. The van der Waals surface area contributed by atoms with E-state index >= 15 is 0 Å². The Morgan fingerprint density at radius 3 is 2.07 bits per heavy atom. The van der Waals surface area contributed by atoms with Crippen LogP contribution in [0.4, 0.5) is 5.13 Å². The first kappa shape index (κ1) is 59.0. The molecular weight excluding hydrogens is 919 g/mol. The molecule has 9 rings (SSSR count). The Labute approximate surface area is 443 Å².